The number of anilines is 1. The Balaban J connectivity index is 1.50. The third kappa shape index (κ3) is 3.86. The Labute approximate surface area is 162 Å². The second-order valence-corrected chi connectivity index (χ2v) is 7.11. The minimum Gasteiger partial charge on any atom is -0.321 e. The molecule has 0 fully saturated rings. The fraction of sp³-hybridized carbons (Fsp3) is 0.250. The van der Waals surface area contributed by atoms with Gasteiger partial charge in [-0.25, -0.2) is 4.68 Å². The SMILES string of the molecule is Cc1c(C(=O)Nc2ccc3c(c2)CCNC3)nnn1Cc1cccc(Cl)c1. The van der Waals surface area contributed by atoms with E-state index in [2.05, 4.69) is 27.0 Å². The van der Waals surface area contributed by atoms with Gasteiger partial charge in [-0.2, -0.15) is 0 Å². The second kappa shape index (κ2) is 7.50. The molecule has 138 valence electrons. The molecule has 1 amide bonds. The Morgan fingerprint density at radius 1 is 1.26 bits per heavy atom. The van der Waals surface area contributed by atoms with E-state index in [-0.39, 0.29) is 5.91 Å². The number of benzene rings is 2. The molecular weight excluding hydrogens is 362 g/mol. The lowest BCUT2D eigenvalue weighted by Crippen LogP contribution is -2.23. The van der Waals surface area contributed by atoms with Crippen LogP contribution in [0.25, 0.3) is 0 Å². The van der Waals surface area contributed by atoms with Gasteiger partial charge in [0, 0.05) is 17.3 Å². The molecule has 0 saturated heterocycles. The Bertz CT molecular complexity index is 998. The van der Waals surface area contributed by atoms with Gasteiger partial charge in [0.15, 0.2) is 5.69 Å². The smallest absolute Gasteiger partial charge is 0.278 e. The van der Waals surface area contributed by atoms with Crippen LogP contribution in [0.15, 0.2) is 42.5 Å². The van der Waals surface area contributed by atoms with E-state index in [0.29, 0.717) is 17.3 Å². The maximum absolute atomic E-state index is 12.7. The Kier molecular flexibility index (Phi) is 4.92. The van der Waals surface area contributed by atoms with E-state index in [1.54, 1.807) is 4.68 Å². The van der Waals surface area contributed by atoms with Crippen molar-refractivity contribution in [2.24, 2.45) is 0 Å². The van der Waals surface area contributed by atoms with Crippen LogP contribution in [-0.2, 0) is 19.5 Å². The Hall–Kier alpha value is -2.70. The van der Waals surface area contributed by atoms with Crippen LogP contribution in [0.5, 0.6) is 0 Å². The molecule has 0 radical (unpaired) electrons. The molecule has 1 aromatic heterocycles. The number of amides is 1. The zero-order valence-corrected chi connectivity index (χ0v) is 15.8. The number of hydrogen-bond acceptors (Lipinski definition) is 4. The van der Waals surface area contributed by atoms with Gasteiger partial charge in [-0.05, 0) is 60.8 Å². The first-order valence-electron chi connectivity index (χ1n) is 8.88. The highest BCUT2D eigenvalue weighted by molar-refractivity contribution is 6.30. The van der Waals surface area contributed by atoms with E-state index in [1.165, 1.54) is 11.1 Å². The van der Waals surface area contributed by atoms with Crippen molar-refractivity contribution in [3.63, 3.8) is 0 Å². The highest BCUT2D eigenvalue weighted by Gasteiger charge is 2.18. The summed E-state index contributed by atoms with van der Waals surface area (Å²) in [6.45, 7) is 4.19. The Morgan fingerprint density at radius 3 is 3.00 bits per heavy atom. The molecule has 0 saturated carbocycles. The van der Waals surface area contributed by atoms with Gasteiger partial charge in [0.05, 0.1) is 12.2 Å². The van der Waals surface area contributed by atoms with Gasteiger partial charge in [0.1, 0.15) is 0 Å². The minimum absolute atomic E-state index is 0.251. The number of nitrogens with zero attached hydrogens (tertiary/aromatic N) is 3. The van der Waals surface area contributed by atoms with E-state index >= 15 is 0 Å². The highest BCUT2D eigenvalue weighted by atomic mass is 35.5. The maximum atomic E-state index is 12.7. The van der Waals surface area contributed by atoms with Crippen LogP contribution < -0.4 is 10.6 Å². The number of carbonyl (C=O) groups excluding carboxylic acids is 1. The molecule has 0 bridgehead atoms. The van der Waals surface area contributed by atoms with Crippen LogP contribution in [-0.4, -0.2) is 27.4 Å². The quantitative estimate of drug-likeness (QED) is 0.728. The zero-order chi connectivity index (χ0) is 18.8. The lowest BCUT2D eigenvalue weighted by atomic mass is 10.0. The topological polar surface area (TPSA) is 71.8 Å². The predicted molar refractivity (Wildman–Crippen MR) is 105 cm³/mol. The third-order valence-electron chi connectivity index (χ3n) is 4.77. The van der Waals surface area contributed by atoms with Crippen LogP contribution in [0, 0.1) is 6.92 Å². The summed E-state index contributed by atoms with van der Waals surface area (Å²) in [6.07, 6.45) is 0.966. The highest BCUT2D eigenvalue weighted by Crippen LogP contribution is 2.20. The molecule has 0 unspecified atom stereocenters. The average molecular weight is 382 g/mol. The third-order valence-corrected chi connectivity index (χ3v) is 5.00. The van der Waals surface area contributed by atoms with Gasteiger partial charge >= 0.3 is 0 Å². The van der Waals surface area contributed by atoms with Crippen molar-refractivity contribution >= 4 is 23.2 Å². The summed E-state index contributed by atoms with van der Waals surface area (Å²) in [7, 11) is 0. The molecule has 27 heavy (non-hydrogen) atoms. The van der Waals surface area contributed by atoms with Gasteiger partial charge in [0.2, 0.25) is 0 Å². The van der Waals surface area contributed by atoms with Crippen molar-refractivity contribution in [3.05, 3.63) is 75.6 Å². The first kappa shape index (κ1) is 17.7. The number of aromatic nitrogens is 3. The summed E-state index contributed by atoms with van der Waals surface area (Å²) < 4.78 is 1.71. The second-order valence-electron chi connectivity index (χ2n) is 6.68. The molecule has 0 atom stereocenters. The zero-order valence-electron chi connectivity index (χ0n) is 15.0. The molecule has 3 aromatic rings. The van der Waals surface area contributed by atoms with Crippen molar-refractivity contribution in [3.8, 4) is 0 Å². The van der Waals surface area contributed by atoms with Gasteiger partial charge in [-0.1, -0.05) is 35.0 Å². The molecular formula is C20H20ClN5O. The van der Waals surface area contributed by atoms with Crippen molar-refractivity contribution in [1.82, 2.24) is 20.3 Å². The number of carbonyl (C=O) groups is 1. The maximum Gasteiger partial charge on any atom is 0.278 e. The summed E-state index contributed by atoms with van der Waals surface area (Å²) in [5.41, 5.74) is 5.39. The number of fused-ring (bicyclic) bond motifs is 1. The van der Waals surface area contributed by atoms with E-state index < -0.39 is 0 Å². The van der Waals surface area contributed by atoms with Crippen LogP contribution in [0.4, 0.5) is 5.69 Å². The molecule has 2 N–H and O–H groups in total. The van der Waals surface area contributed by atoms with Crippen molar-refractivity contribution in [2.75, 3.05) is 11.9 Å². The summed E-state index contributed by atoms with van der Waals surface area (Å²) >= 11 is 6.03. The molecule has 0 aliphatic carbocycles. The van der Waals surface area contributed by atoms with Crippen LogP contribution in [0.2, 0.25) is 5.02 Å². The summed E-state index contributed by atoms with van der Waals surface area (Å²) in [4.78, 5) is 12.7. The van der Waals surface area contributed by atoms with Gasteiger partial charge in [0.25, 0.3) is 5.91 Å². The first-order valence-corrected chi connectivity index (χ1v) is 9.26. The largest absolute Gasteiger partial charge is 0.321 e. The number of hydrogen-bond donors (Lipinski definition) is 2. The fourth-order valence-electron chi connectivity index (χ4n) is 3.27. The lowest BCUT2D eigenvalue weighted by molar-refractivity contribution is 0.102. The van der Waals surface area contributed by atoms with Gasteiger partial charge in [-0.3, -0.25) is 4.79 Å². The number of halogens is 1. The van der Waals surface area contributed by atoms with Crippen LogP contribution >= 0.6 is 11.6 Å². The average Bonchev–Trinajstić information content (AvgIpc) is 3.02. The summed E-state index contributed by atoms with van der Waals surface area (Å²) in [5, 5.41) is 15.2. The number of nitrogens with one attached hydrogen (secondary N) is 2. The molecule has 2 heterocycles. The molecule has 1 aliphatic rings. The summed E-state index contributed by atoms with van der Waals surface area (Å²) in [6, 6.07) is 13.6. The minimum atomic E-state index is -0.251. The van der Waals surface area contributed by atoms with Crippen molar-refractivity contribution in [2.45, 2.75) is 26.4 Å². The van der Waals surface area contributed by atoms with E-state index in [0.717, 1.165) is 36.5 Å². The summed E-state index contributed by atoms with van der Waals surface area (Å²) in [5.74, 6) is -0.251. The number of rotatable bonds is 4. The molecule has 4 rings (SSSR count). The van der Waals surface area contributed by atoms with Crippen molar-refractivity contribution in [1.29, 1.82) is 0 Å². The normalized spacial score (nSPS) is 13.3. The van der Waals surface area contributed by atoms with E-state index in [4.69, 9.17) is 11.6 Å². The van der Waals surface area contributed by atoms with E-state index in [1.807, 2.05) is 43.3 Å². The molecule has 2 aromatic carbocycles. The standard InChI is InChI=1S/C20H20ClN5O/c1-13-19(24-25-26(13)12-14-3-2-4-17(21)9-14)20(27)23-18-6-5-16-11-22-8-7-15(16)10-18/h2-6,9-10,22H,7-8,11-12H2,1H3,(H,23,27). The van der Waals surface area contributed by atoms with Gasteiger partial charge < -0.3 is 10.6 Å². The molecule has 6 nitrogen and oxygen atoms in total. The van der Waals surface area contributed by atoms with Gasteiger partial charge in [-0.15, -0.1) is 5.10 Å². The Morgan fingerprint density at radius 2 is 2.15 bits per heavy atom. The van der Waals surface area contributed by atoms with Crippen molar-refractivity contribution < 1.29 is 4.79 Å². The lowest BCUT2D eigenvalue weighted by Gasteiger charge is -2.18. The molecule has 0 spiro atoms. The van der Waals surface area contributed by atoms with Crippen LogP contribution in [0.3, 0.4) is 0 Å². The van der Waals surface area contributed by atoms with Crippen LogP contribution in [0.1, 0.15) is 32.9 Å². The monoisotopic (exact) mass is 381 g/mol. The molecule has 1 aliphatic heterocycles. The first-order chi connectivity index (χ1) is 13.1. The fourth-order valence-corrected chi connectivity index (χ4v) is 3.49. The predicted octanol–water partition coefficient (Wildman–Crippen LogP) is 3.19. The van der Waals surface area contributed by atoms with E-state index in [9.17, 15) is 4.79 Å². The molecule has 7 heteroatoms.